The summed E-state index contributed by atoms with van der Waals surface area (Å²) in [6.07, 6.45) is 1.69. The first-order valence-electron chi connectivity index (χ1n) is 4.88. The molecule has 0 aliphatic carbocycles. The summed E-state index contributed by atoms with van der Waals surface area (Å²) < 4.78 is 6.44. The highest BCUT2D eigenvalue weighted by Crippen LogP contribution is 2.25. The number of rotatable bonds is 3. The fraction of sp³-hybridized carbons (Fsp3) is 0.600. The smallest absolute Gasteiger partial charge is 0.233 e. The minimum atomic E-state index is -0.264. The van der Waals surface area contributed by atoms with Crippen molar-refractivity contribution in [2.75, 3.05) is 11.9 Å². The van der Waals surface area contributed by atoms with Gasteiger partial charge in [0.1, 0.15) is 5.60 Å². The van der Waals surface area contributed by atoms with E-state index in [0.717, 1.165) is 11.0 Å². The molecule has 0 amide bonds. The average molecular weight is 274 g/mol. The van der Waals surface area contributed by atoms with E-state index in [1.54, 1.807) is 6.20 Å². The van der Waals surface area contributed by atoms with Gasteiger partial charge in [-0.1, -0.05) is 0 Å². The lowest BCUT2D eigenvalue weighted by Crippen LogP contribution is -2.24. The molecule has 1 N–H and O–H groups in total. The first-order chi connectivity index (χ1) is 6.92. The summed E-state index contributed by atoms with van der Waals surface area (Å²) in [5, 5.41) is 3.04. The van der Waals surface area contributed by atoms with E-state index in [4.69, 9.17) is 4.74 Å². The molecule has 5 heteroatoms. The van der Waals surface area contributed by atoms with Crippen molar-refractivity contribution < 1.29 is 4.74 Å². The van der Waals surface area contributed by atoms with Crippen LogP contribution in [0.15, 0.2) is 10.7 Å². The third-order valence-electron chi connectivity index (χ3n) is 1.45. The maximum atomic E-state index is 5.68. The van der Waals surface area contributed by atoms with Gasteiger partial charge in [0, 0.05) is 6.54 Å². The van der Waals surface area contributed by atoms with Crippen molar-refractivity contribution in [2.45, 2.75) is 33.3 Å². The van der Waals surface area contributed by atoms with E-state index < -0.39 is 0 Å². The fourth-order valence-electron chi connectivity index (χ4n) is 0.956. The van der Waals surface area contributed by atoms with Crippen LogP contribution in [0.3, 0.4) is 0 Å². The summed E-state index contributed by atoms with van der Waals surface area (Å²) >= 11 is 3.36. The Bertz CT molecular complexity index is 336. The van der Waals surface area contributed by atoms with Crippen molar-refractivity contribution >= 4 is 21.9 Å². The van der Waals surface area contributed by atoms with Crippen molar-refractivity contribution in [3.05, 3.63) is 10.7 Å². The first kappa shape index (κ1) is 12.2. The van der Waals surface area contributed by atoms with Gasteiger partial charge in [-0.05, 0) is 43.6 Å². The molecule has 1 heterocycles. The number of ether oxygens (including phenoxy) is 1. The van der Waals surface area contributed by atoms with Crippen LogP contribution in [0.25, 0.3) is 0 Å². The molecule has 0 atom stereocenters. The van der Waals surface area contributed by atoms with Gasteiger partial charge in [-0.2, -0.15) is 4.98 Å². The van der Waals surface area contributed by atoms with Gasteiger partial charge < -0.3 is 10.1 Å². The summed E-state index contributed by atoms with van der Waals surface area (Å²) in [6, 6.07) is 0. The Labute approximate surface area is 98.6 Å². The number of nitrogens with one attached hydrogen (secondary N) is 1. The molecule has 0 aromatic carbocycles. The number of anilines is 1. The monoisotopic (exact) mass is 273 g/mol. The lowest BCUT2D eigenvalue weighted by molar-refractivity contribution is 0.123. The van der Waals surface area contributed by atoms with Gasteiger partial charge in [0.2, 0.25) is 11.8 Å². The molecular formula is C10H16BrN3O. The summed E-state index contributed by atoms with van der Waals surface area (Å²) in [4.78, 5) is 8.37. The van der Waals surface area contributed by atoms with E-state index in [0.29, 0.717) is 11.8 Å². The van der Waals surface area contributed by atoms with Crippen LogP contribution in [0, 0.1) is 0 Å². The zero-order valence-electron chi connectivity index (χ0n) is 9.47. The predicted molar refractivity (Wildman–Crippen MR) is 64.3 cm³/mol. The Morgan fingerprint density at radius 2 is 2.13 bits per heavy atom. The molecular weight excluding hydrogens is 258 g/mol. The molecule has 15 heavy (non-hydrogen) atoms. The number of halogens is 1. The van der Waals surface area contributed by atoms with Crippen molar-refractivity contribution in [3.8, 4) is 5.88 Å². The Hall–Kier alpha value is -0.840. The molecule has 1 rings (SSSR count). The van der Waals surface area contributed by atoms with Crippen LogP contribution in [0.2, 0.25) is 0 Å². The van der Waals surface area contributed by atoms with Gasteiger partial charge in [-0.3, -0.25) is 0 Å². The molecule has 0 aliphatic heterocycles. The normalized spacial score (nSPS) is 11.3. The molecule has 0 unspecified atom stereocenters. The average Bonchev–Trinajstić information content (AvgIpc) is 2.09. The van der Waals surface area contributed by atoms with Crippen molar-refractivity contribution in [2.24, 2.45) is 0 Å². The minimum Gasteiger partial charge on any atom is -0.471 e. The standard InChI is InChI=1S/C10H16BrN3O/c1-5-12-9-13-6-7(11)8(14-9)15-10(2,3)4/h6H,5H2,1-4H3,(H,12,13,14). The number of aromatic nitrogens is 2. The lowest BCUT2D eigenvalue weighted by atomic mass is 10.2. The summed E-state index contributed by atoms with van der Waals surface area (Å²) in [5.41, 5.74) is -0.264. The molecule has 4 nitrogen and oxygen atoms in total. The van der Waals surface area contributed by atoms with Crippen LogP contribution in [0.4, 0.5) is 5.95 Å². The highest BCUT2D eigenvalue weighted by Gasteiger charge is 2.15. The largest absolute Gasteiger partial charge is 0.471 e. The molecule has 0 saturated carbocycles. The molecule has 1 aromatic heterocycles. The molecule has 0 radical (unpaired) electrons. The maximum absolute atomic E-state index is 5.68. The molecule has 0 aliphatic rings. The van der Waals surface area contributed by atoms with Gasteiger partial charge in [0.15, 0.2) is 0 Å². The van der Waals surface area contributed by atoms with Crippen molar-refractivity contribution in [1.82, 2.24) is 9.97 Å². The summed E-state index contributed by atoms with van der Waals surface area (Å²) in [6.45, 7) is 8.73. The summed E-state index contributed by atoms with van der Waals surface area (Å²) in [7, 11) is 0. The Morgan fingerprint density at radius 1 is 1.47 bits per heavy atom. The molecule has 0 bridgehead atoms. The van der Waals surface area contributed by atoms with Gasteiger partial charge in [-0.25, -0.2) is 4.98 Å². The lowest BCUT2D eigenvalue weighted by Gasteiger charge is -2.21. The zero-order valence-corrected chi connectivity index (χ0v) is 11.1. The van der Waals surface area contributed by atoms with E-state index in [9.17, 15) is 0 Å². The molecule has 84 valence electrons. The van der Waals surface area contributed by atoms with E-state index in [1.165, 1.54) is 0 Å². The van der Waals surface area contributed by atoms with Crippen LogP contribution in [0.1, 0.15) is 27.7 Å². The number of hydrogen-bond acceptors (Lipinski definition) is 4. The molecule has 0 fully saturated rings. The molecule has 1 aromatic rings. The van der Waals surface area contributed by atoms with Gasteiger partial charge >= 0.3 is 0 Å². The van der Waals surface area contributed by atoms with E-state index in [1.807, 2.05) is 27.7 Å². The van der Waals surface area contributed by atoms with E-state index in [-0.39, 0.29) is 5.60 Å². The van der Waals surface area contributed by atoms with Gasteiger partial charge in [0.05, 0.1) is 10.7 Å². The van der Waals surface area contributed by atoms with Crippen LogP contribution < -0.4 is 10.1 Å². The number of hydrogen-bond donors (Lipinski definition) is 1. The maximum Gasteiger partial charge on any atom is 0.233 e. The topological polar surface area (TPSA) is 47.0 Å². The van der Waals surface area contributed by atoms with Crippen LogP contribution in [-0.2, 0) is 0 Å². The Morgan fingerprint density at radius 3 is 2.67 bits per heavy atom. The van der Waals surface area contributed by atoms with Crippen molar-refractivity contribution in [1.29, 1.82) is 0 Å². The first-order valence-corrected chi connectivity index (χ1v) is 5.67. The summed E-state index contributed by atoms with van der Waals surface area (Å²) in [5.74, 6) is 1.15. The predicted octanol–water partition coefficient (Wildman–Crippen LogP) is 2.85. The van der Waals surface area contributed by atoms with Crippen molar-refractivity contribution in [3.63, 3.8) is 0 Å². The quantitative estimate of drug-likeness (QED) is 0.920. The molecule has 0 spiro atoms. The second kappa shape index (κ2) is 4.79. The highest BCUT2D eigenvalue weighted by molar-refractivity contribution is 9.10. The minimum absolute atomic E-state index is 0.264. The number of nitrogens with zero attached hydrogens (tertiary/aromatic N) is 2. The van der Waals surface area contributed by atoms with Crippen LogP contribution in [0.5, 0.6) is 5.88 Å². The SMILES string of the molecule is CCNc1ncc(Br)c(OC(C)(C)C)n1. The second-order valence-corrected chi connectivity index (χ2v) is 4.95. The third-order valence-corrected chi connectivity index (χ3v) is 1.99. The Kier molecular flexibility index (Phi) is 3.90. The fourth-order valence-corrected chi connectivity index (χ4v) is 1.23. The Balaban J connectivity index is 2.90. The second-order valence-electron chi connectivity index (χ2n) is 4.09. The highest BCUT2D eigenvalue weighted by atomic mass is 79.9. The van der Waals surface area contributed by atoms with E-state index in [2.05, 4.69) is 31.2 Å². The third kappa shape index (κ3) is 4.03. The van der Waals surface area contributed by atoms with Crippen LogP contribution in [-0.4, -0.2) is 22.1 Å². The molecule has 0 saturated heterocycles. The van der Waals surface area contributed by atoms with Crippen LogP contribution >= 0.6 is 15.9 Å². The van der Waals surface area contributed by atoms with E-state index >= 15 is 0 Å². The van der Waals surface area contributed by atoms with Gasteiger partial charge in [0.25, 0.3) is 0 Å². The zero-order chi connectivity index (χ0) is 11.5. The van der Waals surface area contributed by atoms with Gasteiger partial charge in [-0.15, -0.1) is 0 Å².